The number of para-hydroxylation sites is 1. The van der Waals surface area contributed by atoms with E-state index in [1.54, 1.807) is 7.11 Å². The maximum atomic E-state index is 6.12. The number of methoxy groups -OCH3 is 1. The van der Waals surface area contributed by atoms with Gasteiger partial charge in [0.15, 0.2) is 0 Å². The van der Waals surface area contributed by atoms with Crippen LogP contribution in [-0.2, 0) is 6.42 Å². The second-order valence-electron chi connectivity index (χ2n) is 6.12. The van der Waals surface area contributed by atoms with E-state index in [9.17, 15) is 0 Å². The summed E-state index contributed by atoms with van der Waals surface area (Å²) < 4.78 is 5.47. The van der Waals surface area contributed by atoms with Gasteiger partial charge in [-0.05, 0) is 37.4 Å². The lowest BCUT2D eigenvalue weighted by molar-refractivity contribution is 0.101. The van der Waals surface area contributed by atoms with Crippen molar-refractivity contribution < 1.29 is 4.74 Å². The summed E-state index contributed by atoms with van der Waals surface area (Å²) in [5.74, 6) is 1.59. The molecule has 0 aliphatic carbocycles. The third-order valence-corrected chi connectivity index (χ3v) is 3.93. The molecule has 0 amide bonds. The van der Waals surface area contributed by atoms with Gasteiger partial charge in [-0.1, -0.05) is 39.0 Å². The Hall–Kier alpha value is -1.06. The second-order valence-corrected chi connectivity index (χ2v) is 6.12. The van der Waals surface area contributed by atoms with E-state index in [1.807, 2.05) is 12.1 Å². The molecule has 20 heavy (non-hydrogen) atoms. The molecular weight excluding hydrogens is 248 g/mol. The maximum Gasteiger partial charge on any atom is 0.122 e. The minimum Gasteiger partial charge on any atom is -0.496 e. The molecule has 3 nitrogen and oxygen atoms in total. The van der Waals surface area contributed by atoms with Gasteiger partial charge >= 0.3 is 0 Å². The van der Waals surface area contributed by atoms with E-state index in [0.29, 0.717) is 12.5 Å². The van der Waals surface area contributed by atoms with E-state index in [2.05, 4.69) is 44.7 Å². The van der Waals surface area contributed by atoms with Crippen LogP contribution in [0.2, 0.25) is 0 Å². The first-order valence-electron chi connectivity index (χ1n) is 7.53. The van der Waals surface area contributed by atoms with Crippen molar-refractivity contribution in [3.63, 3.8) is 0 Å². The first-order valence-corrected chi connectivity index (χ1v) is 7.53. The predicted molar refractivity (Wildman–Crippen MR) is 86.2 cm³/mol. The van der Waals surface area contributed by atoms with Crippen LogP contribution in [0.25, 0.3) is 0 Å². The molecule has 0 fully saturated rings. The quantitative estimate of drug-likeness (QED) is 0.794. The van der Waals surface area contributed by atoms with Crippen molar-refractivity contribution in [1.29, 1.82) is 0 Å². The predicted octanol–water partition coefficient (Wildman–Crippen LogP) is 2.93. The van der Waals surface area contributed by atoms with Gasteiger partial charge in [-0.25, -0.2) is 0 Å². The van der Waals surface area contributed by atoms with Crippen molar-refractivity contribution in [2.75, 3.05) is 26.7 Å². The van der Waals surface area contributed by atoms with Gasteiger partial charge in [-0.3, -0.25) is 4.90 Å². The number of rotatable bonds is 8. The number of nitrogens with two attached hydrogens (primary N) is 1. The van der Waals surface area contributed by atoms with Crippen molar-refractivity contribution in [2.24, 2.45) is 11.7 Å². The van der Waals surface area contributed by atoms with E-state index < -0.39 is 0 Å². The highest BCUT2D eigenvalue weighted by Gasteiger charge is 2.31. The van der Waals surface area contributed by atoms with Crippen molar-refractivity contribution in [3.05, 3.63) is 29.8 Å². The standard InChI is InChI=1S/C17H30N2O/c1-6-19(12-14(2)3)17(4,13-18)11-15-9-7-8-10-16(15)20-5/h7-10,14H,6,11-13,18H2,1-5H3. The highest BCUT2D eigenvalue weighted by atomic mass is 16.5. The highest BCUT2D eigenvalue weighted by molar-refractivity contribution is 5.34. The van der Waals surface area contributed by atoms with Crippen LogP contribution in [0.3, 0.4) is 0 Å². The zero-order valence-corrected chi connectivity index (χ0v) is 13.6. The Morgan fingerprint density at radius 3 is 2.45 bits per heavy atom. The SMILES string of the molecule is CCN(CC(C)C)C(C)(CN)Cc1ccccc1OC. The van der Waals surface area contributed by atoms with E-state index in [0.717, 1.165) is 25.3 Å². The molecule has 1 atom stereocenters. The molecule has 0 aliphatic rings. The van der Waals surface area contributed by atoms with Gasteiger partial charge in [-0.2, -0.15) is 0 Å². The molecule has 0 bridgehead atoms. The zero-order valence-electron chi connectivity index (χ0n) is 13.6. The Bertz CT molecular complexity index is 406. The Kier molecular flexibility index (Phi) is 6.50. The largest absolute Gasteiger partial charge is 0.496 e. The van der Waals surface area contributed by atoms with Crippen LogP contribution in [0, 0.1) is 5.92 Å². The molecule has 0 saturated carbocycles. The molecule has 1 rings (SSSR count). The third-order valence-electron chi connectivity index (χ3n) is 3.93. The van der Waals surface area contributed by atoms with Gasteiger partial charge in [0, 0.05) is 18.6 Å². The Labute approximate surface area is 124 Å². The minimum atomic E-state index is -0.0341. The molecule has 3 heteroatoms. The van der Waals surface area contributed by atoms with Crippen LogP contribution in [0.5, 0.6) is 5.75 Å². The van der Waals surface area contributed by atoms with Gasteiger partial charge in [0.25, 0.3) is 0 Å². The summed E-state index contributed by atoms with van der Waals surface area (Å²) >= 11 is 0. The van der Waals surface area contributed by atoms with E-state index >= 15 is 0 Å². The first-order chi connectivity index (χ1) is 9.46. The fourth-order valence-corrected chi connectivity index (χ4v) is 2.74. The normalized spacial score (nSPS) is 14.6. The lowest BCUT2D eigenvalue weighted by atomic mass is 9.89. The molecule has 1 aromatic carbocycles. The smallest absolute Gasteiger partial charge is 0.122 e. The van der Waals surface area contributed by atoms with Crippen LogP contribution >= 0.6 is 0 Å². The fourth-order valence-electron chi connectivity index (χ4n) is 2.74. The molecule has 0 aromatic heterocycles. The summed E-state index contributed by atoms with van der Waals surface area (Å²) in [5.41, 5.74) is 7.31. The molecule has 1 aromatic rings. The van der Waals surface area contributed by atoms with Crippen LogP contribution in [0.4, 0.5) is 0 Å². The summed E-state index contributed by atoms with van der Waals surface area (Å²) in [7, 11) is 1.73. The first kappa shape index (κ1) is 17.0. The monoisotopic (exact) mass is 278 g/mol. The molecular formula is C17H30N2O. The van der Waals surface area contributed by atoms with Crippen LogP contribution in [0.1, 0.15) is 33.3 Å². The van der Waals surface area contributed by atoms with Gasteiger partial charge in [0.1, 0.15) is 5.75 Å². The Balaban J connectivity index is 2.98. The topological polar surface area (TPSA) is 38.5 Å². The van der Waals surface area contributed by atoms with Gasteiger partial charge in [0.2, 0.25) is 0 Å². The number of hydrogen-bond acceptors (Lipinski definition) is 3. The highest BCUT2D eigenvalue weighted by Crippen LogP contribution is 2.26. The van der Waals surface area contributed by atoms with E-state index in [1.165, 1.54) is 5.56 Å². The maximum absolute atomic E-state index is 6.12. The number of benzene rings is 1. The van der Waals surface area contributed by atoms with Crippen molar-refractivity contribution in [1.82, 2.24) is 4.90 Å². The summed E-state index contributed by atoms with van der Waals surface area (Å²) in [4.78, 5) is 2.49. The van der Waals surface area contributed by atoms with Gasteiger partial charge in [-0.15, -0.1) is 0 Å². The lowest BCUT2D eigenvalue weighted by Crippen LogP contribution is -2.54. The summed E-state index contributed by atoms with van der Waals surface area (Å²) in [6.07, 6.45) is 0.911. The Morgan fingerprint density at radius 2 is 1.95 bits per heavy atom. The average Bonchev–Trinajstić information content (AvgIpc) is 2.44. The van der Waals surface area contributed by atoms with E-state index in [-0.39, 0.29) is 5.54 Å². The van der Waals surface area contributed by atoms with Crippen LogP contribution < -0.4 is 10.5 Å². The molecule has 0 radical (unpaired) electrons. The molecule has 0 spiro atoms. The number of nitrogens with zero attached hydrogens (tertiary/aromatic N) is 1. The molecule has 114 valence electrons. The van der Waals surface area contributed by atoms with Gasteiger partial charge < -0.3 is 10.5 Å². The molecule has 0 heterocycles. The second kappa shape index (κ2) is 7.65. The van der Waals surface area contributed by atoms with Crippen LogP contribution in [-0.4, -0.2) is 37.2 Å². The minimum absolute atomic E-state index is 0.0341. The number of hydrogen-bond donors (Lipinski definition) is 1. The fraction of sp³-hybridized carbons (Fsp3) is 0.647. The van der Waals surface area contributed by atoms with Crippen molar-refractivity contribution >= 4 is 0 Å². The molecule has 1 unspecified atom stereocenters. The third kappa shape index (κ3) is 4.22. The Morgan fingerprint density at radius 1 is 1.30 bits per heavy atom. The summed E-state index contributed by atoms with van der Waals surface area (Å²) in [5, 5.41) is 0. The summed E-state index contributed by atoms with van der Waals surface area (Å²) in [6, 6.07) is 8.22. The average molecular weight is 278 g/mol. The zero-order chi connectivity index (χ0) is 15.2. The van der Waals surface area contributed by atoms with Crippen molar-refractivity contribution in [3.8, 4) is 5.75 Å². The molecule has 0 aliphatic heterocycles. The lowest BCUT2D eigenvalue weighted by Gasteiger charge is -2.41. The van der Waals surface area contributed by atoms with Gasteiger partial charge in [0.05, 0.1) is 7.11 Å². The molecule has 2 N–H and O–H groups in total. The summed E-state index contributed by atoms with van der Waals surface area (Å²) in [6.45, 7) is 11.7. The number of ether oxygens (including phenoxy) is 1. The van der Waals surface area contributed by atoms with Crippen LogP contribution in [0.15, 0.2) is 24.3 Å². The van der Waals surface area contributed by atoms with E-state index in [4.69, 9.17) is 10.5 Å². The number of likely N-dealkylation sites (N-methyl/N-ethyl adjacent to an activating group) is 1. The molecule has 0 saturated heterocycles. The van der Waals surface area contributed by atoms with Crippen molar-refractivity contribution in [2.45, 2.75) is 39.7 Å².